The second kappa shape index (κ2) is 52.3. The molecular weight excluding hydrogens is 803 g/mol. The van der Waals surface area contributed by atoms with Gasteiger partial charge >= 0.3 is 5.97 Å². The van der Waals surface area contributed by atoms with Gasteiger partial charge in [0, 0.05) is 6.42 Å². The number of aliphatic hydroxyl groups excluding tert-OH is 2. The van der Waals surface area contributed by atoms with Crippen LogP contribution in [-0.4, -0.2) is 46.9 Å². The first-order valence-corrected chi connectivity index (χ1v) is 27.7. The highest BCUT2D eigenvalue weighted by molar-refractivity contribution is 5.77. The fourth-order valence-electron chi connectivity index (χ4n) is 8.12. The molecule has 0 aliphatic rings. The largest absolute Gasteiger partial charge is 0.462 e. The molecule has 0 aromatic rings. The number of amides is 1. The summed E-state index contributed by atoms with van der Waals surface area (Å²) in [4.78, 5) is 26.2. The van der Waals surface area contributed by atoms with Crippen LogP contribution in [0, 0.1) is 0 Å². The summed E-state index contributed by atoms with van der Waals surface area (Å²) >= 11 is 0. The number of rotatable bonds is 49. The number of aliphatic hydroxyl groups is 2. The molecule has 0 fully saturated rings. The van der Waals surface area contributed by atoms with Gasteiger partial charge in [-0.1, -0.05) is 241 Å². The maximum atomic E-state index is 13.2. The average Bonchev–Trinajstić information content (AvgIpc) is 3.30. The van der Waals surface area contributed by atoms with Crippen LogP contribution in [0.4, 0.5) is 0 Å². The van der Waals surface area contributed by atoms with Gasteiger partial charge < -0.3 is 20.3 Å². The maximum Gasteiger partial charge on any atom is 0.306 e. The number of hydrogen-bond acceptors (Lipinski definition) is 5. The fourth-order valence-corrected chi connectivity index (χ4v) is 8.12. The monoisotopic (exact) mass is 908 g/mol. The van der Waals surface area contributed by atoms with Crippen LogP contribution in [0.1, 0.15) is 265 Å². The second-order valence-corrected chi connectivity index (χ2v) is 18.6. The minimum atomic E-state index is -0.810. The van der Waals surface area contributed by atoms with E-state index in [-0.39, 0.29) is 24.9 Å². The molecule has 0 saturated carbocycles. The molecule has 65 heavy (non-hydrogen) atoms. The third kappa shape index (κ3) is 47.6. The van der Waals surface area contributed by atoms with Crippen LogP contribution in [0.5, 0.6) is 0 Å². The van der Waals surface area contributed by atoms with Crippen molar-refractivity contribution in [1.82, 2.24) is 5.32 Å². The van der Waals surface area contributed by atoms with E-state index in [0.29, 0.717) is 19.3 Å². The highest BCUT2D eigenvalue weighted by Crippen LogP contribution is 2.17. The molecule has 0 aromatic heterocycles. The zero-order valence-electron chi connectivity index (χ0n) is 42.9. The number of unbranched alkanes of at least 4 members (excludes halogenated alkanes) is 26. The molecule has 3 unspecified atom stereocenters. The number of carbonyl (C=O) groups excluding carboxylic acids is 2. The van der Waals surface area contributed by atoms with Crippen LogP contribution in [-0.2, 0) is 14.3 Å². The van der Waals surface area contributed by atoms with Crippen molar-refractivity contribution in [3.63, 3.8) is 0 Å². The summed E-state index contributed by atoms with van der Waals surface area (Å²) < 4.78 is 5.90. The van der Waals surface area contributed by atoms with Crippen molar-refractivity contribution >= 4 is 11.9 Å². The van der Waals surface area contributed by atoms with Gasteiger partial charge in [0.15, 0.2) is 0 Å². The molecule has 0 radical (unpaired) electrons. The van der Waals surface area contributed by atoms with Crippen LogP contribution in [0.3, 0.4) is 0 Å². The molecular formula is C59H105NO5. The Labute approximate surface area is 402 Å². The lowest BCUT2D eigenvalue weighted by Crippen LogP contribution is -2.46. The van der Waals surface area contributed by atoms with Gasteiger partial charge in [-0.15, -0.1) is 0 Å². The lowest BCUT2D eigenvalue weighted by molar-refractivity contribution is -0.151. The van der Waals surface area contributed by atoms with Crippen LogP contribution in [0.25, 0.3) is 0 Å². The van der Waals surface area contributed by atoms with Crippen molar-refractivity contribution < 1.29 is 24.5 Å². The van der Waals surface area contributed by atoms with Crippen molar-refractivity contribution in [1.29, 1.82) is 0 Å². The molecule has 0 saturated heterocycles. The summed E-state index contributed by atoms with van der Waals surface area (Å²) in [6, 6.07) is -0.728. The molecule has 1 amide bonds. The first kappa shape index (κ1) is 62.3. The van der Waals surface area contributed by atoms with Crippen molar-refractivity contribution in [3.8, 4) is 0 Å². The summed E-state index contributed by atoms with van der Waals surface area (Å²) in [5, 5.41) is 23.8. The summed E-state index contributed by atoms with van der Waals surface area (Å²) in [7, 11) is 0. The lowest BCUT2D eigenvalue weighted by Gasteiger charge is -2.24. The van der Waals surface area contributed by atoms with E-state index < -0.39 is 18.2 Å². The molecule has 0 aliphatic heterocycles. The summed E-state index contributed by atoms with van der Waals surface area (Å²) in [5.41, 5.74) is 0. The molecule has 0 rings (SSSR count). The van der Waals surface area contributed by atoms with E-state index in [1.807, 2.05) is 0 Å². The van der Waals surface area contributed by atoms with Gasteiger partial charge in [0.1, 0.15) is 6.10 Å². The number of carbonyl (C=O) groups is 2. The van der Waals surface area contributed by atoms with Crippen LogP contribution >= 0.6 is 0 Å². The van der Waals surface area contributed by atoms with E-state index in [4.69, 9.17) is 4.74 Å². The zero-order chi connectivity index (χ0) is 47.4. The number of hydrogen-bond donors (Lipinski definition) is 3. The van der Waals surface area contributed by atoms with Crippen molar-refractivity contribution in [2.45, 2.75) is 283 Å². The molecule has 376 valence electrons. The van der Waals surface area contributed by atoms with E-state index in [1.54, 1.807) is 0 Å². The van der Waals surface area contributed by atoms with Crippen molar-refractivity contribution in [3.05, 3.63) is 72.9 Å². The topological polar surface area (TPSA) is 95.9 Å². The van der Waals surface area contributed by atoms with E-state index in [0.717, 1.165) is 89.9 Å². The van der Waals surface area contributed by atoms with E-state index in [9.17, 15) is 19.8 Å². The lowest BCUT2D eigenvalue weighted by atomic mass is 10.0. The summed E-state index contributed by atoms with van der Waals surface area (Å²) in [5.74, 6) is -0.558. The fraction of sp³-hybridized carbons (Fsp3) is 0.763. The second-order valence-electron chi connectivity index (χ2n) is 18.6. The normalized spacial score (nSPS) is 13.7. The Kier molecular flexibility index (Phi) is 50.1. The Balaban J connectivity index is 4.65. The smallest absolute Gasteiger partial charge is 0.306 e. The molecule has 3 N–H and O–H groups in total. The summed E-state index contributed by atoms with van der Waals surface area (Å²) in [6.45, 7) is 6.36. The molecule has 0 aromatic carbocycles. The highest BCUT2D eigenvalue weighted by atomic mass is 16.5. The molecule has 0 heterocycles. The Morgan fingerprint density at radius 1 is 0.477 bits per heavy atom. The maximum absolute atomic E-state index is 13.2. The Hall–Kier alpha value is -2.70. The molecule has 6 nitrogen and oxygen atoms in total. The third-order valence-corrected chi connectivity index (χ3v) is 12.3. The Bertz CT molecular complexity index is 1200. The first-order chi connectivity index (χ1) is 32.0. The number of allylic oxidation sites excluding steroid dienone is 12. The molecule has 6 heteroatoms. The Morgan fingerprint density at radius 3 is 1.37 bits per heavy atom. The average molecular weight is 908 g/mol. The molecule has 0 bridgehead atoms. The zero-order valence-corrected chi connectivity index (χ0v) is 42.9. The molecule has 0 spiro atoms. The third-order valence-electron chi connectivity index (χ3n) is 12.3. The minimum Gasteiger partial charge on any atom is -0.462 e. The minimum absolute atomic E-state index is 0.0273. The van der Waals surface area contributed by atoms with Gasteiger partial charge in [-0.2, -0.15) is 0 Å². The highest BCUT2D eigenvalue weighted by Gasteiger charge is 2.24. The SMILES string of the molecule is CC/C=C/C/C=C/C/C=C/C/C=C/CCCC(CC(=O)NC(CO)C(O)CCCCCCCCCCCCCCCCCC)OC(=O)CCCCC/C=C/C=C/CCCCCCCCC. The molecule has 3 atom stereocenters. The standard InChI is InChI=1S/C59H105NO5/c1-4-7-10-13-16-19-22-25-28-30-33-36-39-42-45-48-51-57(62)56(54-61)60-58(63)53-55(50-47-44-41-38-35-32-27-24-21-18-15-12-9-6-3)65-59(64)52-49-46-43-40-37-34-31-29-26-23-20-17-14-11-8-5-2/h9,12,18,21,27,29,31-32,34,37-38,41,55-57,61-62H,4-8,10-11,13-17,19-20,22-26,28,30,33,35-36,39-40,42-54H2,1-3H3,(H,60,63)/b12-9+,21-18+,31-29+,32-27+,37-34+,41-38+. The van der Waals surface area contributed by atoms with Crippen LogP contribution in [0.2, 0.25) is 0 Å². The predicted octanol–water partition coefficient (Wildman–Crippen LogP) is 17.0. The first-order valence-electron chi connectivity index (χ1n) is 27.7. The van der Waals surface area contributed by atoms with E-state index >= 15 is 0 Å². The van der Waals surface area contributed by atoms with Gasteiger partial charge in [-0.25, -0.2) is 0 Å². The van der Waals surface area contributed by atoms with Gasteiger partial charge in [0.05, 0.1) is 25.2 Å². The van der Waals surface area contributed by atoms with E-state index in [2.05, 4.69) is 99.0 Å². The van der Waals surface area contributed by atoms with Gasteiger partial charge in [-0.05, 0) is 83.5 Å². The predicted molar refractivity (Wildman–Crippen MR) is 282 cm³/mol. The number of esters is 1. The van der Waals surface area contributed by atoms with Crippen molar-refractivity contribution in [2.75, 3.05) is 6.61 Å². The number of ether oxygens (including phenoxy) is 1. The van der Waals surface area contributed by atoms with E-state index in [1.165, 1.54) is 128 Å². The van der Waals surface area contributed by atoms with Crippen LogP contribution < -0.4 is 5.32 Å². The van der Waals surface area contributed by atoms with Gasteiger partial charge in [-0.3, -0.25) is 9.59 Å². The van der Waals surface area contributed by atoms with Gasteiger partial charge in [0.25, 0.3) is 0 Å². The van der Waals surface area contributed by atoms with Crippen LogP contribution in [0.15, 0.2) is 72.9 Å². The summed E-state index contributed by atoms with van der Waals surface area (Å²) in [6.07, 6.45) is 66.8. The van der Waals surface area contributed by atoms with Crippen molar-refractivity contribution in [2.24, 2.45) is 0 Å². The number of nitrogens with one attached hydrogen (secondary N) is 1. The molecule has 0 aliphatic carbocycles. The Morgan fingerprint density at radius 2 is 0.892 bits per heavy atom. The quantitative estimate of drug-likeness (QED) is 0.0245. The van der Waals surface area contributed by atoms with Gasteiger partial charge in [0.2, 0.25) is 5.91 Å².